The number of nitrogens with zero attached hydrogens (tertiary/aromatic N) is 3. The van der Waals surface area contributed by atoms with Crippen molar-refractivity contribution in [2.45, 2.75) is 31.5 Å². The topological polar surface area (TPSA) is 28.5 Å². The van der Waals surface area contributed by atoms with Gasteiger partial charge in [-0.2, -0.15) is 0 Å². The van der Waals surface area contributed by atoms with Crippen LogP contribution in [0.3, 0.4) is 0 Å². The Kier molecular flexibility index (Phi) is 3.81. The van der Waals surface area contributed by atoms with E-state index in [1.807, 2.05) is 48.3 Å². The predicted molar refractivity (Wildman–Crippen MR) is 91.9 cm³/mol. The second-order valence-corrected chi connectivity index (χ2v) is 6.88. The van der Waals surface area contributed by atoms with E-state index in [4.69, 9.17) is 4.99 Å². The van der Waals surface area contributed by atoms with Crippen LogP contribution in [0.15, 0.2) is 53.7 Å². The van der Waals surface area contributed by atoms with E-state index in [1.54, 1.807) is 0 Å². The van der Waals surface area contributed by atoms with Crippen LogP contribution in [0, 0.1) is 5.82 Å². The highest BCUT2D eigenvalue weighted by Crippen LogP contribution is 2.48. The lowest BCUT2D eigenvalue weighted by molar-refractivity contribution is 0.255. The molecule has 4 rings (SSSR count). The van der Waals surface area contributed by atoms with Gasteiger partial charge in [-0.25, -0.2) is 4.39 Å². The Morgan fingerprint density at radius 1 is 1.22 bits per heavy atom. The zero-order chi connectivity index (χ0) is 15.8. The van der Waals surface area contributed by atoms with Gasteiger partial charge in [0.2, 0.25) is 0 Å². The van der Waals surface area contributed by atoms with Crippen molar-refractivity contribution < 1.29 is 4.39 Å². The standard InChI is InChI=1S/C18H18FN3S/c1-2-14-11-23-18-21-16(15-5-3-4-10-20-15)17(22(14)18)12-6-8-13(19)9-7-12/h3-10,14,16-17H,2,11H2,1H3/t14-,16+,17+/m0/s1. The number of hydrogen-bond donors (Lipinski definition) is 0. The van der Waals surface area contributed by atoms with Crippen LogP contribution in [0.1, 0.15) is 36.7 Å². The number of aromatic nitrogens is 1. The van der Waals surface area contributed by atoms with Gasteiger partial charge >= 0.3 is 0 Å². The summed E-state index contributed by atoms with van der Waals surface area (Å²) in [6.07, 6.45) is 2.89. The maximum absolute atomic E-state index is 13.3. The molecule has 0 amide bonds. The van der Waals surface area contributed by atoms with E-state index in [0.717, 1.165) is 28.6 Å². The summed E-state index contributed by atoms with van der Waals surface area (Å²) in [4.78, 5) is 11.9. The molecule has 0 saturated carbocycles. The molecule has 2 aliphatic rings. The molecule has 1 aromatic heterocycles. The number of amidine groups is 1. The molecule has 3 nitrogen and oxygen atoms in total. The van der Waals surface area contributed by atoms with Crippen molar-refractivity contribution >= 4 is 16.9 Å². The molecule has 0 bridgehead atoms. The van der Waals surface area contributed by atoms with Gasteiger partial charge in [0.15, 0.2) is 5.17 Å². The molecule has 0 unspecified atom stereocenters. The van der Waals surface area contributed by atoms with Gasteiger partial charge in [-0.1, -0.05) is 36.9 Å². The highest BCUT2D eigenvalue weighted by Gasteiger charge is 2.45. The van der Waals surface area contributed by atoms with Crippen molar-refractivity contribution in [2.24, 2.45) is 4.99 Å². The smallest absolute Gasteiger partial charge is 0.160 e. The summed E-state index contributed by atoms with van der Waals surface area (Å²) in [5, 5.41) is 1.10. The predicted octanol–water partition coefficient (Wildman–Crippen LogP) is 4.20. The Morgan fingerprint density at radius 2 is 2.04 bits per heavy atom. The Balaban J connectivity index is 1.78. The van der Waals surface area contributed by atoms with Gasteiger partial charge in [-0.15, -0.1) is 0 Å². The Bertz CT molecular complexity index is 717. The Morgan fingerprint density at radius 3 is 2.74 bits per heavy atom. The van der Waals surface area contributed by atoms with Crippen molar-refractivity contribution in [3.63, 3.8) is 0 Å². The van der Waals surface area contributed by atoms with Crippen molar-refractivity contribution in [1.29, 1.82) is 0 Å². The van der Waals surface area contributed by atoms with Crippen LogP contribution < -0.4 is 0 Å². The monoisotopic (exact) mass is 327 g/mol. The number of hydrogen-bond acceptors (Lipinski definition) is 4. The van der Waals surface area contributed by atoms with Crippen LogP contribution in [0.25, 0.3) is 0 Å². The normalized spacial score (nSPS) is 26.3. The number of halogens is 1. The van der Waals surface area contributed by atoms with Crippen LogP contribution in [0.5, 0.6) is 0 Å². The first-order valence-corrected chi connectivity index (χ1v) is 8.92. The first-order valence-electron chi connectivity index (χ1n) is 7.93. The fourth-order valence-electron chi connectivity index (χ4n) is 3.37. The third-order valence-corrected chi connectivity index (χ3v) is 5.67. The molecule has 118 valence electrons. The van der Waals surface area contributed by atoms with Crippen LogP contribution >= 0.6 is 11.8 Å². The van der Waals surface area contributed by atoms with E-state index in [9.17, 15) is 4.39 Å². The number of fused-ring (bicyclic) bond motifs is 1. The average Bonchev–Trinajstić information content (AvgIpc) is 3.15. The highest BCUT2D eigenvalue weighted by molar-refractivity contribution is 8.14. The molecule has 1 saturated heterocycles. The molecule has 0 spiro atoms. The second kappa shape index (κ2) is 5.96. The molecular formula is C18H18FN3S. The van der Waals surface area contributed by atoms with Crippen molar-refractivity contribution in [1.82, 2.24) is 9.88 Å². The third-order valence-electron chi connectivity index (χ3n) is 4.54. The lowest BCUT2D eigenvalue weighted by Gasteiger charge is -2.31. The van der Waals surface area contributed by atoms with Crippen molar-refractivity contribution in [3.8, 4) is 0 Å². The zero-order valence-corrected chi connectivity index (χ0v) is 13.7. The molecule has 1 aromatic carbocycles. The van der Waals surface area contributed by atoms with E-state index in [2.05, 4.69) is 16.8 Å². The number of thioether (sulfide) groups is 1. The van der Waals surface area contributed by atoms with Crippen molar-refractivity contribution in [2.75, 3.05) is 5.75 Å². The molecule has 0 aliphatic carbocycles. The Hall–Kier alpha value is -1.88. The van der Waals surface area contributed by atoms with E-state index < -0.39 is 0 Å². The minimum Gasteiger partial charge on any atom is -0.338 e. The number of aliphatic imine (C=N–C) groups is 1. The molecule has 2 aromatic rings. The summed E-state index contributed by atoms with van der Waals surface area (Å²) in [6, 6.07) is 13.3. The van der Waals surface area contributed by atoms with Gasteiger partial charge < -0.3 is 4.90 Å². The van der Waals surface area contributed by atoms with Crippen LogP contribution in [0.2, 0.25) is 0 Å². The zero-order valence-electron chi connectivity index (χ0n) is 12.9. The van der Waals surface area contributed by atoms with Gasteiger partial charge in [0.25, 0.3) is 0 Å². The van der Waals surface area contributed by atoms with Crippen LogP contribution in [-0.2, 0) is 0 Å². The molecule has 0 N–H and O–H groups in total. The fraction of sp³-hybridized carbons (Fsp3) is 0.333. The van der Waals surface area contributed by atoms with Crippen LogP contribution in [-0.4, -0.2) is 26.8 Å². The van der Waals surface area contributed by atoms with Gasteiger partial charge in [-0.3, -0.25) is 9.98 Å². The number of benzene rings is 1. The number of rotatable bonds is 3. The average molecular weight is 327 g/mol. The second-order valence-electron chi connectivity index (χ2n) is 5.89. The summed E-state index contributed by atoms with van der Waals surface area (Å²) < 4.78 is 13.3. The summed E-state index contributed by atoms with van der Waals surface area (Å²) in [7, 11) is 0. The molecular weight excluding hydrogens is 309 g/mol. The molecule has 23 heavy (non-hydrogen) atoms. The molecule has 1 fully saturated rings. The highest BCUT2D eigenvalue weighted by atomic mass is 32.2. The quantitative estimate of drug-likeness (QED) is 0.846. The lowest BCUT2D eigenvalue weighted by Crippen LogP contribution is -2.35. The maximum Gasteiger partial charge on any atom is 0.160 e. The maximum atomic E-state index is 13.3. The third kappa shape index (κ3) is 2.53. The molecule has 5 heteroatoms. The summed E-state index contributed by atoms with van der Waals surface area (Å²) in [6.45, 7) is 2.21. The molecule has 3 atom stereocenters. The van der Waals surface area contributed by atoms with Gasteiger partial charge in [0.1, 0.15) is 11.9 Å². The van der Waals surface area contributed by atoms with Crippen LogP contribution in [0.4, 0.5) is 4.39 Å². The molecule has 3 heterocycles. The van der Waals surface area contributed by atoms with Gasteiger partial charge in [0, 0.05) is 18.0 Å². The van der Waals surface area contributed by atoms with E-state index in [0.29, 0.717) is 6.04 Å². The first-order chi connectivity index (χ1) is 11.3. The number of pyridine rings is 1. The lowest BCUT2D eigenvalue weighted by atomic mass is 9.95. The first kappa shape index (κ1) is 14.7. The molecule has 0 radical (unpaired) electrons. The summed E-state index contributed by atoms with van der Waals surface area (Å²) in [5.74, 6) is 0.868. The van der Waals surface area contributed by atoms with Gasteiger partial charge in [-0.05, 0) is 36.2 Å². The largest absolute Gasteiger partial charge is 0.338 e. The minimum atomic E-state index is -0.204. The van der Waals surface area contributed by atoms with Gasteiger partial charge in [0.05, 0.1) is 11.7 Å². The molecule has 2 aliphatic heterocycles. The van der Waals surface area contributed by atoms with Crippen molar-refractivity contribution in [3.05, 3.63) is 65.7 Å². The summed E-state index contributed by atoms with van der Waals surface area (Å²) >= 11 is 1.82. The summed E-state index contributed by atoms with van der Waals surface area (Å²) in [5.41, 5.74) is 2.07. The van der Waals surface area contributed by atoms with E-state index in [1.165, 1.54) is 12.1 Å². The fourth-order valence-corrected chi connectivity index (χ4v) is 4.71. The van der Waals surface area contributed by atoms with E-state index in [-0.39, 0.29) is 17.9 Å². The SMILES string of the molecule is CC[C@H]1CSC2=N[C@H](c3ccccn3)[C@@H](c3ccc(F)cc3)N21. The Labute approximate surface area is 139 Å². The minimum absolute atomic E-state index is 0.0292. The van der Waals surface area contributed by atoms with E-state index >= 15 is 0 Å².